The van der Waals surface area contributed by atoms with E-state index in [0.29, 0.717) is 0 Å². The molecule has 3 aromatic rings. The van der Waals surface area contributed by atoms with Crippen molar-refractivity contribution in [3.8, 4) is 17.1 Å². The highest BCUT2D eigenvalue weighted by Crippen LogP contribution is 2.24. The van der Waals surface area contributed by atoms with E-state index in [1.54, 1.807) is 6.21 Å². The number of hydrogen-bond acceptors (Lipinski definition) is 4. The van der Waals surface area contributed by atoms with Crippen LogP contribution < -0.4 is 0 Å². The zero-order valence-corrected chi connectivity index (χ0v) is 17.1. The molecule has 0 unspecified atom stereocenters. The maximum atomic E-state index is 12.4. The van der Waals surface area contributed by atoms with Gasteiger partial charge in [-0.25, -0.2) is 0 Å². The maximum Gasteiger partial charge on any atom is 0.160 e. The monoisotopic (exact) mass is 380 g/mol. The summed E-state index contributed by atoms with van der Waals surface area (Å²) < 4.78 is 18.3. The van der Waals surface area contributed by atoms with E-state index in [1.165, 1.54) is 0 Å². The van der Waals surface area contributed by atoms with Crippen LogP contribution >= 0.6 is 0 Å². The molecule has 0 bridgehead atoms. The minimum atomic E-state index is -1.34. The van der Waals surface area contributed by atoms with Gasteiger partial charge in [0.05, 0.1) is 6.21 Å². The molecule has 1 atom stereocenters. The largest absolute Gasteiger partial charge is 0.591 e. The van der Waals surface area contributed by atoms with Gasteiger partial charge in [0, 0.05) is 22.5 Å². The molecule has 2 heterocycles. The second-order valence-electron chi connectivity index (χ2n) is 7.42. The summed E-state index contributed by atoms with van der Waals surface area (Å²) in [6.45, 7) is 9.77. The third-order valence-electron chi connectivity index (χ3n) is 4.17. The molecular formula is C21H24N4OS. The zero-order valence-electron chi connectivity index (χ0n) is 16.3. The van der Waals surface area contributed by atoms with Crippen LogP contribution in [0.4, 0.5) is 0 Å². The van der Waals surface area contributed by atoms with Gasteiger partial charge < -0.3 is 9.12 Å². The van der Waals surface area contributed by atoms with E-state index in [4.69, 9.17) is 0 Å². The Labute approximate surface area is 163 Å². The van der Waals surface area contributed by atoms with Gasteiger partial charge in [-0.05, 0) is 52.8 Å². The molecule has 0 saturated carbocycles. The Balaban J connectivity index is 2.11. The molecule has 6 heteroatoms. The average Bonchev–Trinajstić information content (AvgIpc) is 2.97. The Morgan fingerprint density at radius 2 is 1.63 bits per heavy atom. The van der Waals surface area contributed by atoms with Crippen LogP contribution in [0.3, 0.4) is 0 Å². The number of benzene rings is 1. The van der Waals surface area contributed by atoms with Gasteiger partial charge in [0.15, 0.2) is 5.82 Å². The van der Waals surface area contributed by atoms with Crippen molar-refractivity contribution in [3.63, 3.8) is 0 Å². The Morgan fingerprint density at radius 1 is 1.00 bits per heavy atom. The Kier molecular flexibility index (Phi) is 5.48. The van der Waals surface area contributed by atoms with Crippen LogP contribution in [0.5, 0.6) is 0 Å². The van der Waals surface area contributed by atoms with Crippen molar-refractivity contribution in [2.24, 2.45) is 4.40 Å². The quantitative estimate of drug-likeness (QED) is 0.497. The first-order chi connectivity index (χ1) is 12.8. The van der Waals surface area contributed by atoms with Gasteiger partial charge in [-0.1, -0.05) is 34.7 Å². The van der Waals surface area contributed by atoms with Crippen molar-refractivity contribution >= 4 is 17.6 Å². The number of hydrogen-bond donors (Lipinski definition) is 0. The number of aryl methyl sites for hydroxylation is 2. The molecule has 0 N–H and O–H groups in total. The third-order valence-corrected chi connectivity index (χ3v) is 5.51. The molecule has 0 saturated heterocycles. The molecule has 0 radical (unpaired) electrons. The van der Waals surface area contributed by atoms with Gasteiger partial charge in [-0.2, -0.15) is 0 Å². The van der Waals surface area contributed by atoms with Crippen LogP contribution in [0.25, 0.3) is 17.1 Å². The minimum Gasteiger partial charge on any atom is -0.591 e. The molecule has 140 valence electrons. The Hall–Kier alpha value is -2.44. The fraction of sp³-hybridized carbons (Fsp3) is 0.286. The first-order valence-electron chi connectivity index (χ1n) is 8.82. The van der Waals surface area contributed by atoms with Crippen LogP contribution in [0.15, 0.2) is 52.9 Å². The zero-order chi connectivity index (χ0) is 19.6. The SMILES string of the molecule is Cc1ccc(C)n1-c1cc(/C=N/[S@+]([O-])C(C)(C)C)c(-c2ccccc2)nn1. The summed E-state index contributed by atoms with van der Waals surface area (Å²) in [6, 6.07) is 15.9. The lowest BCUT2D eigenvalue weighted by Crippen LogP contribution is -2.25. The lowest BCUT2D eigenvalue weighted by molar-refractivity contribution is 0.562. The number of nitrogens with zero attached hydrogens (tertiary/aromatic N) is 4. The van der Waals surface area contributed by atoms with Crippen LogP contribution in [0.2, 0.25) is 0 Å². The highest BCUT2D eigenvalue weighted by Gasteiger charge is 2.26. The summed E-state index contributed by atoms with van der Waals surface area (Å²) in [6.07, 6.45) is 1.65. The second kappa shape index (κ2) is 7.66. The normalized spacial score (nSPS) is 13.3. The lowest BCUT2D eigenvalue weighted by Gasteiger charge is -2.18. The molecule has 0 aliphatic heterocycles. The van der Waals surface area contributed by atoms with Gasteiger partial charge in [-0.3, -0.25) is 0 Å². The van der Waals surface area contributed by atoms with Crippen molar-refractivity contribution in [3.05, 3.63) is 65.5 Å². The molecule has 1 aromatic carbocycles. The van der Waals surface area contributed by atoms with Crippen molar-refractivity contribution in [2.45, 2.75) is 39.4 Å². The van der Waals surface area contributed by atoms with Gasteiger partial charge in [0.25, 0.3) is 0 Å². The molecular weight excluding hydrogens is 356 g/mol. The van der Waals surface area contributed by atoms with Crippen molar-refractivity contribution in [1.29, 1.82) is 0 Å². The molecule has 2 aromatic heterocycles. The minimum absolute atomic E-state index is 0.416. The summed E-state index contributed by atoms with van der Waals surface area (Å²) in [5.74, 6) is 0.720. The van der Waals surface area contributed by atoms with Gasteiger partial charge in [0.2, 0.25) is 0 Å². The molecule has 27 heavy (non-hydrogen) atoms. The van der Waals surface area contributed by atoms with Crippen molar-refractivity contribution < 1.29 is 4.55 Å². The molecule has 3 rings (SSSR count). The smallest absolute Gasteiger partial charge is 0.160 e. The average molecular weight is 381 g/mol. The van der Waals surface area contributed by atoms with Crippen LogP contribution in [0.1, 0.15) is 37.7 Å². The van der Waals surface area contributed by atoms with E-state index in [1.807, 2.05) is 87.7 Å². The Morgan fingerprint density at radius 3 is 2.22 bits per heavy atom. The second-order valence-corrected chi connectivity index (χ2v) is 9.35. The molecule has 0 aliphatic carbocycles. The first-order valence-corrected chi connectivity index (χ1v) is 9.92. The third kappa shape index (κ3) is 4.28. The van der Waals surface area contributed by atoms with Crippen LogP contribution in [-0.4, -0.2) is 30.3 Å². The molecule has 0 fully saturated rings. The number of aromatic nitrogens is 3. The summed E-state index contributed by atoms with van der Waals surface area (Å²) in [5, 5.41) is 8.90. The van der Waals surface area contributed by atoms with Crippen LogP contribution in [0, 0.1) is 13.8 Å². The highest BCUT2D eigenvalue weighted by atomic mass is 32.2. The Bertz CT molecular complexity index is 939. The van der Waals surface area contributed by atoms with E-state index in [0.717, 1.165) is 34.0 Å². The predicted molar refractivity (Wildman–Crippen MR) is 112 cm³/mol. The molecule has 0 aliphatic rings. The molecule has 0 spiro atoms. The summed E-state index contributed by atoms with van der Waals surface area (Å²) in [4.78, 5) is 0. The fourth-order valence-electron chi connectivity index (χ4n) is 2.72. The van der Waals surface area contributed by atoms with Crippen molar-refractivity contribution in [2.75, 3.05) is 0 Å². The van der Waals surface area contributed by atoms with E-state index in [-0.39, 0.29) is 0 Å². The molecule has 0 amide bonds. The summed E-state index contributed by atoms with van der Waals surface area (Å²) in [5.41, 5.74) is 4.61. The van der Waals surface area contributed by atoms with Gasteiger partial charge >= 0.3 is 0 Å². The van der Waals surface area contributed by atoms with E-state index in [2.05, 4.69) is 14.6 Å². The summed E-state index contributed by atoms with van der Waals surface area (Å²) >= 11 is -1.34. The van der Waals surface area contributed by atoms with E-state index < -0.39 is 16.1 Å². The van der Waals surface area contributed by atoms with E-state index >= 15 is 0 Å². The maximum absolute atomic E-state index is 12.4. The van der Waals surface area contributed by atoms with Gasteiger partial charge in [-0.15, -0.1) is 10.2 Å². The van der Waals surface area contributed by atoms with Crippen molar-refractivity contribution in [1.82, 2.24) is 14.8 Å². The highest BCUT2D eigenvalue weighted by molar-refractivity contribution is 7.91. The van der Waals surface area contributed by atoms with Crippen LogP contribution in [-0.2, 0) is 11.4 Å². The summed E-state index contributed by atoms with van der Waals surface area (Å²) in [7, 11) is 0. The van der Waals surface area contributed by atoms with Gasteiger partial charge in [0.1, 0.15) is 21.8 Å². The standard InChI is InChI=1S/C21H24N4OS/c1-15-11-12-16(2)25(15)19-13-18(14-22-27(26)21(3,4)5)20(24-23-19)17-9-7-6-8-10-17/h6-14H,1-5H3/b22-14+/t27-/m1/s1. The predicted octanol–water partition coefficient (Wildman–Crippen LogP) is 4.43. The fourth-order valence-corrected chi connectivity index (χ4v) is 3.24. The first kappa shape index (κ1) is 19.3. The molecule has 5 nitrogen and oxygen atoms in total. The lowest BCUT2D eigenvalue weighted by atomic mass is 10.1. The topological polar surface area (TPSA) is 66.1 Å². The number of rotatable bonds is 4. The van der Waals surface area contributed by atoms with E-state index in [9.17, 15) is 4.55 Å².